The van der Waals surface area contributed by atoms with E-state index in [1.54, 1.807) is 20.8 Å². The highest BCUT2D eigenvalue weighted by atomic mass is 16.6. The first kappa shape index (κ1) is 45.3. The Hall–Kier alpha value is -2.74. The highest BCUT2D eigenvalue weighted by molar-refractivity contribution is 6.11. The lowest BCUT2D eigenvalue weighted by Crippen LogP contribution is -2.34. The highest BCUT2D eigenvalue weighted by Crippen LogP contribution is 2.23. The molecule has 0 spiro atoms. The molecule has 20 heteroatoms. The predicted molar refractivity (Wildman–Crippen MR) is 168 cm³/mol. The van der Waals surface area contributed by atoms with Crippen LogP contribution in [0.2, 0.25) is 0 Å². The van der Waals surface area contributed by atoms with Gasteiger partial charge in [-0.3, -0.25) is 24.0 Å². The van der Waals surface area contributed by atoms with Gasteiger partial charge in [-0.25, -0.2) is 0 Å². The summed E-state index contributed by atoms with van der Waals surface area (Å²) in [6.07, 6.45) is -1.06. The normalized spacial score (nSPS) is 28.6. The van der Waals surface area contributed by atoms with Crippen molar-refractivity contribution in [3.8, 4) is 0 Å². The smallest absolute Gasteiger partial charge is 0.320 e. The maximum Gasteiger partial charge on any atom is 0.320 e. The molecule has 268 valence electrons. The molecule has 17 nitrogen and oxygen atoms in total. The summed E-state index contributed by atoms with van der Waals surface area (Å²) in [5, 5.41) is 25.2. The van der Waals surface area contributed by atoms with Crippen LogP contribution in [0.1, 0.15) is 59.3 Å². The average molecular weight is 684 g/mol. The second kappa shape index (κ2) is 25.3. The van der Waals surface area contributed by atoms with Crippen LogP contribution in [-0.2, 0) is 57.1 Å². The summed E-state index contributed by atoms with van der Waals surface area (Å²) >= 11 is 0. The lowest BCUT2D eigenvalue weighted by molar-refractivity contribution is -0.157. The number of hydrogen-bond acceptors (Lipinski definition) is 16. The van der Waals surface area contributed by atoms with Gasteiger partial charge in [0.25, 0.3) is 0 Å². The first-order chi connectivity index (χ1) is 22.6. The Morgan fingerprint density at radius 2 is 1.06 bits per heavy atom. The van der Waals surface area contributed by atoms with Gasteiger partial charge in [-0.05, 0) is 6.42 Å². The van der Waals surface area contributed by atoms with Gasteiger partial charge in [0.05, 0.1) is 25.8 Å². The Morgan fingerprint density at radius 1 is 0.667 bits per heavy atom. The van der Waals surface area contributed by atoms with E-state index in [4.69, 9.17) is 83.5 Å². The van der Waals surface area contributed by atoms with Crippen molar-refractivity contribution in [2.75, 3.05) is 32.9 Å². The first-order valence-electron chi connectivity index (χ1n) is 15.5. The Balaban J connectivity index is 0.000000668. The van der Waals surface area contributed by atoms with Crippen LogP contribution in [-0.4, -0.2) is 156 Å². The number of nitrogens with two attached hydrogens (primary N) is 2. The third-order valence-corrected chi connectivity index (χ3v) is 6.49. The van der Waals surface area contributed by atoms with E-state index >= 15 is 0 Å². The molecule has 0 aromatic rings. The van der Waals surface area contributed by atoms with Gasteiger partial charge in [0.2, 0.25) is 0 Å². The van der Waals surface area contributed by atoms with Crippen molar-refractivity contribution in [1.82, 2.24) is 0 Å². The van der Waals surface area contributed by atoms with Gasteiger partial charge in [-0.15, -0.1) is 0 Å². The number of ether oxygens (including phenoxy) is 7. The molecule has 0 amide bonds. The summed E-state index contributed by atoms with van der Waals surface area (Å²) in [7, 11) is 16.5. The molecule has 3 rings (SSSR count). The average Bonchev–Trinajstić information content (AvgIpc) is 3.72. The molecule has 3 aliphatic heterocycles. The van der Waals surface area contributed by atoms with E-state index in [1.807, 2.05) is 0 Å². The van der Waals surface area contributed by atoms with Crippen LogP contribution >= 0.6 is 0 Å². The molecule has 3 aliphatic rings. The van der Waals surface area contributed by atoms with Crippen molar-refractivity contribution in [3.05, 3.63) is 0 Å². The molecule has 3 unspecified atom stereocenters. The van der Waals surface area contributed by atoms with Crippen LogP contribution in [0.15, 0.2) is 0 Å². The molecule has 0 bridgehead atoms. The summed E-state index contributed by atoms with van der Waals surface area (Å²) in [6.45, 7) is 4.45. The third-order valence-electron chi connectivity index (χ3n) is 6.49. The van der Waals surface area contributed by atoms with E-state index in [2.05, 4.69) is 0 Å². The van der Waals surface area contributed by atoms with Gasteiger partial charge in [0.1, 0.15) is 67.3 Å². The Labute approximate surface area is 284 Å². The van der Waals surface area contributed by atoms with Crippen molar-refractivity contribution >= 4 is 53.4 Å². The van der Waals surface area contributed by atoms with Gasteiger partial charge in [-0.1, -0.05) is 20.8 Å². The molecular formula is C28H47B3N2O15. The van der Waals surface area contributed by atoms with E-state index in [-0.39, 0.29) is 51.3 Å². The molecule has 3 saturated heterocycles. The van der Waals surface area contributed by atoms with Crippen LogP contribution in [0.3, 0.4) is 0 Å². The summed E-state index contributed by atoms with van der Waals surface area (Å²) in [5.41, 5.74) is 10.2. The summed E-state index contributed by atoms with van der Waals surface area (Å²) in [4.78, 5) is 53.5. The van der Waals surface area contributed by atoms with Crippen LogP contribution in [0, 0.1) is 0 Å². The Kier molecular flexibility index (Phi) is 23.8. The number of aliphatic hydroxyl groups is 2. The SMILES string of the molecule is CCC(=O)O.[B][C@@H]1CC(O)[C@H](CO)O1.[B][C@@H]1CC(OC(=O)CC)[C@H](COC(=O)CC)O1.[B][C@@H]1CC(OC(=O)CN)[C@H](COC(=O)CN)O1. The molecule has 6 radical (unpaired) electrons. The largest absolute Gasteiger partial charge is 0.481 e. The fourth-order valence-corrected chi connectivity index (χ4v) is 3.94. The summed E-state index contributed by atoms with van der Waals surface area (Å²) in [6, 6.07) is -1.43. The zero-order valence-corrected chi connectivity index (χ0v) is 27.6. The number of aliphatic carboxylic acids is 1. The number of carboxylic acid groups (broad SMARTS) is 1. The number of aliphatic hydroxyl groups excluding tert-OH is 2. The molecule has 0 saturated carbocycles. The molecule has 0 aromatic carbocycles. The lowest BCUT2D eigenvalue weighted by Gasteiger charge is -2.18. The van der Waals surface area contributed by atoms with Crippen LogP contribution < -0.4 is 11.5 Å². The number of carbonyl (C=O) groups is 5. The second-order valence-electron chi connectivity index (χ2n) is 10.4. The fourth-order valence-electron chi connectivity index (χ4n) is 3.94. The molecule has 3 heterocycles. The molecule has 0 aliphatic carbocycles. The quantitative estimate of drug-likeness (QED) is 0.0795. The fraction of sp³-hybridized carbons (Fsp3) is 0.821. The molecular weight excluding hydrogens is 637 g/mol. The monoisotopic (exact) mass is 684 g/mol. The highest BCUT2D eigenvalue weighted by Gasteiger charge is 2.37. The van der Waals surface area contributed by atoms with Gasteiger partial charge < -0.3 is 59.9 Å². The lowest BCUT2D eigenvalue weighted by atomic mass is 9.96. The number of rotatable bonds is 12. The van der Waals surface area contributed by atoms with Gasteiger partial charge in [0.15, 0.2) is 0 Å². The predicted octanol–water partition coefficient (Wildman–Crippen LogP) is -2.71. The van der Waals surface area contributed by atoms with Crippen LogP contribution in [0.4, 0.5) is 0 Å². The topological polar surface area (TPSA) is 263 Å². The number of carboxylic acids is 1. The number of hydrogen-bond donors (Lipinski definition) is 5. The number of carbonyl (C=O) groups excluding carboxylic acids is 4. The van der Waals surface area contributed by atoms with Crippen LogP contribution in [0.5, 0.6) is 0 Å². The molecule has 48 heavy (non-hydrogen) atoms. The zero-order valence-electron chi connectivity index (χ0n) is 27.6. The van der Waals surface area contributed by atoms with E-state index in [9.17, 15) is 24.0 Å². The van der Waals surface area contributed by atoms with Crippen LogP contribution in [0.25, 0.3) is 0 Å². The zero-order chi connectivity index (χ0) is 36.8. The first-order valence-corrected chi connectivity index (χ1v) is 15.5. The minimum absolute atomic E-state index is 0.0494. The summed E-state index contributed by atoms with van der Waals surface area (Å²) in [5.74, 6) is -2.47. The standard InChI is InChI=1S/C11H17BO5.C9H15BN2O5.C5H9BO3.C3H6O2/c1-3-10(13)15-6-8-7(5-9(12)16-8)17-11(14)4-2;10-7-1-5(17-9(14)3-12)6(16-7)4-15-8(13)2-11;6-5-1-3(8)4(2-7)9-5;1-2-3(4)5/h7-9H,3-6H2,1-2H3;5-7H,1-4,11-12H2;3-5,7-8H,1-2H2;2H2,1H3,(H,4,5)/t7?,8-,9-;5?,6-,7-;3?,4-,5-;/m000./s1. The van der Waals surface area contributed by atoms with Crippen molar-refractivity contribution in [2.24, 2.45) is 11.5 Å². The van der Waals surface area contributed by atoms with Gasteiger partial charge in [0, 0.05) is 50.1 Å². The molecule has 9 atom stereocenters. The van der Waals surface area contributed by atoms with Gasteiger partial charge >= 0.3 is 29.8 Å². The van der Waals surface area contributed by atoms with E-state index in [0.29, 0.717) is 32.1 Å². The van der Waals surface area contributed by atoms with Crippen molar-refractivity contribution in [1.29, 1.82) is 0 Å². The van der Waals surface area contributed by atoms with Crippen molar-refractivity contribution < 1.29 is 72.5 Å². The van der Waals surface area contributed by atoms with Gasteiger partial charge in [-0.2, -0.15) is 0 Å². The molecule has 3 fully saturated rings. The molecule has 0 aromatic heterocycles. The van der Waals surface area contributed by atoms with E-state index < -0.39 is 72.5 Å². The Bertz CT molecular complexity index is 926. The van der Waals surface area contributed by atoms with Crippen molar-refractivity contribution in [3.63, 3.8) is 0 Å². The third kappa shape index (κ3) is 19.3. The minimum atomic E-state index is -0.745. The maximum atomic E-state index is 11.2. The second-order valence-corrected chi connectivity index (χ2v) is 10.4. The van der Waals surface area contributed by atoms with E-state index in [1.165, 1.54) is 0 Å². The minimum Gasteiger partial charge on any atom is -0.481 e. The summed E-state index contributed by atoms with van der Waals surface area (Å²) < 4.78 is 35.4. The number of esters is 4. The maximum absolute atomic E-state index is 11.2. The molecule has 7 N–H and O–H groups in total. The van der Waals surface area contributed by atoms with Crippen molar-refractivity contribution in [2.45, 2.75) is 114 Å². The Morgan fingerprint density at radius 3 is 1.40 bits per heavy atom. The van der Waals surface area contributed by atoms with E-state index in [0.717, 1.165) is 0 Å².